The molecule has 6 atom stereocenters. The number of piperidine rings is 4. The Kier molecular flexibility index (Phi) is 6.04. The zero-order valence-corrected chi connectivity index (χ0v) is 20.8. The molecule has 4 aliphatic heterocycles. The number of fused-ring (bicyclic) bond motifs is 8. The normalized spacial score (nSPS) is 43.2. The van der Waals surface area contributed by atoms with E-state index in [2.05, 4.69) is 9.80 Å². The number of ketones is 1. The lowest BCUT2D eigenvalue weighted by Gasteiger charge is -2.57. The molecule has 0 aromatic carbocycles. The van der Waals surface area contributed by atoms with E-state index in [1.54, 1.807) is 6.42 Å². The lowest BCUT2D eigenvalue weighted by molar-refractivity contribution is -0.128. The van der Waals surface area contributed by atoms with Crippen molar-refractivity contribution in [3.63, 3.8) is 0 Å². The summed E-state index contributed by atoms with van der Waals surface area (Å²) in [5, 5.41) is 0. The number of rotatable bonds is 2. The van der Waals surface area contributed by atoms with Crippen LogP contribution >= 0.6 is 0 Å². The molecule has 4 heterocycles. The number of hydrogen-bond acceptors (Lipinski definition) is 5. The molecule has 32 heavy (non-hydrogen) atoms. The first-order valence-corrected chi connectivity index (χ1v) is 14.7. The average molecular weight is 467 g/mol. The van der Waals surface area contributed by atoms with Crippen LogP contribution in [0.2, 0.25) is 0 Å². The molecule has 2 unspecified atom stereocenters. The first kappa shape index (κ1) is 23.3. The highest BCUT2D eigenvalue weighted by Gasteiger charge is 2.65. The third-order valence-electron chi connectivity index (χ3n) is 10.5. The number of carbonyl (C=O) groups excluding carboxylic acids is 1. The summed E-state index contributed by atoms with van der Waals surface area (Å²) < 4.78 is 31.0. The van der Waals surface area contributed by atoms with Crippen molar-refractivity contribution in [1.29, 1.82) is 0 Å². The number of nitrogens with zero attached hydrogens (tertiary/aromatic N) is 2. The summed E-state index contributed by atoms with van der Waals surface area (Å²) in [6.45, 7) is 9.57. The van der Waals surface area contributed by atoms with E-state index >= 15 is 0 Å². The Morgan fingerprint density at radius 2 is 1.50 bits per heavy atom. The lowest BCUT2D eigenvalue weighted by Crippen LogP contribution is -2.63. The first-order valence-electron chi connectivity index (χ1n) is 13.1. The summed E-state index contributed by atoms with van der Waals surface area (Å²) in [4.78, 5) is 17.6. The van der Waals surface area contributed by atoms with Crippen molar-refractivity contribution in [3.8, 4) is 0 Å². The molecule has 0 spiro atoms. The van der Waals surface area contributed by atoms with Crippen LogP contribution in [0.4, 0.5) is 0 Å². The van der Waals surface area contributed by atoms with E-state index in [0.29, 0.717) is 12.8 Å². The Morgan fingerprint density at radius 3 is 1.94 bits per heavy atom. The van der Waals surface area contributed by atoms with E-state index in [4.69, 9.17) is 4.55 Å². The molecule has 6 aliphatic rings. The van der Waals surface area contributed by atoms with Crippen LogP contribution in [0.3, 0.4) is 0 Å². The van der Waals surface area contributed by atoms with Crippen LogP contribution in [-0.2, 0) is 14.9 Å². The van der Waals surface area contributed by atoms with Crippen molar-refractivity contribution in [3.05, 3.63) is 0 Å². The zero-order chi connectivity index (χ0) is 22.7. The van der Waals surface area contributed by atoms with Crippen molar-refractivity contribution < 1.29 is 17.8 Å². The number of Topliss-reactive ketones (excluding diaryl/α,β-unsaturated/α-hetero) is 1. The molecular formula is C25H42N2O4S. The minimum absolute atomic E-state index is 0.0152. The monoisotopic (exact) mass is 466 g/mol. The minimum atomic E-state index is -4.08. The predicted octanol–water partition coefficient (Wildman–Crippen LogP) is 3.61. The molecule has 4 saturated heterocycles. The largest absolute Gasteiger partial charge is 0.300 e. The van der Waals surface area contributed by atoms with Crippen molar-refractivity contribution in [2.45, 2.75) is 90.1 Å². The molecule has 2 saturated carbocycles. The van der Waals surface area contributed by atoms with E-state index < -0.39 is 21.3 Å². The van der Waals surface area contributed by atoms with Gasteiger partial charge in [-0.1, -0.05) is 26.7 Å². The Labute approximate surface area is 194 Å². The van der Waals surface area contributed by atoms with Crippen LogP contribution in [0.1, 0.15) is 78.1 Å². The standard InChI is InChI=1S/C15H26N2.C10H16O4S/c1-3-7-16-11-13-9-12(14(16)5-1)10-17-8-4-2-6-15(13)17;1-9(2)7-3-4-10(9,8(11)5-7)6-15(12,13)14/h12-15H,1-11H2;7H,3-6H2,1-2H3,(H,12,13,14)/t12-,13-,14-,15+;/m0./s1. The topological polar surface area (TPSA) is 77.9 Å². The molecular weight excluding hydrogens is 424 g/mol. The summed E-state index contributed by atoms with van der Waals surface area (Å²) in [7, 11) is -4.08. The molecule has 6 fully saturated rings. The van der Waals surface area contributed by atoms with Gasteiger partial charge >= 0.3 is 0 Å². The summed E-state index contributed by atoms with van der Waals surface area (Å²) in [6, 6.07) is 1.92. The molecule has 0 aromatic heterocycles. The van der Waals surface area contributed by atoms with E-state index in [1.165, 1.54) is 64.7 Å². The smallest absolute Gasteiger partial charge is 0.265 e. The molecule has 182 valence electrons. The Hall–Kier alpha value is -0.500. The van der Waals surface area contributed by atoms with Gasteiger partial charge in [-0.15, -0.1) is 0 Å². The summed E-state index contributed by atoms with van der Waals surface area (Å²) in [5.74, 6) is 1.93. The van der Waals surface area contributed by atoms with Crippen molar-refractivity contribution in [1.82, 2.24) is 9.80 Å². The van der Waals surface area contributed by atoms with Gasteiger partial charge in [0.15, 0.2) is 0 Å². The van der Waals surface area contributed by atoms with Gasteiger partial charge < -0.3 is 0 Å². The maximum atomic E-state index is 11.9. The molecule has 2 aliphatic carbocycles. The Bertz CT molecular complexity index is 815. The van der Waals surface area contributed by atoms with Gasteiger partial charge in [0.25, 0.3) is 10.1 Å². The summed E-state index contributed by atoms with van der Waals surface area (Å²) >= 11 is 0. The van der Waals surface area contributed by atoms with Crippen molar-refractivity contribution >= 4 is 15.9 Å². The molecule has 7 heteroatoms. The fourth-order valence-corrected chi connectivity index (χ4v) is 9.97. The van der Waals surface area contributed by atoms with Gasteiger partial charge in [-0.2, -0.15) is 8.42 Å². The Morgan fingerprint density at radius 1 is 0.938 bits per heavy atom. The lowest BCUT2D eigenvalue weighted by atomic mass is 9.70. The van der Waals surface area contributed by atoms with Gasteiger partial charge in [0.2, 0.25) is 0 Å². The van der Waals surface area contributed by atoms with Crippen molar-refractivity contribution in [2.24, 2.45) is 28.6 Å². The van der Waals surface area contributed by atoms with E-state index in [9.17, 15) is 13.2 Å². The molecule has 0 aromatic rings. The molecule has 6 nitrogen and oxygen atoms in total. The van der Waals surface area contributed by atoms with Crippen LogP contribution in [0.15, 0.2) is 0 Å². The quantitative estimate of drug-likeness (QED) is 0.627. The highest BCUT2D eigenvalue weighted by molar-refractivity contribution is 7.85. The fourth-order valence-electron chi connectivity index (χ4n) is 8.67. The molecule has 0 radical (unpaired) electrons. The third-order valence-corrected chi connectivity index (χ3v) is 11.4. The van der Waals surface area contributed by atoms with E-state index in [-0.39, 0.29) is 17.1 Å². The predicted molar refractivity (Wildman–Crippen MR) is 125 cm³/mol. The van der Waals surface area contributed by atoms with Gasteiger partial charge in [-0.25, -0.2) is 0 Å². The first-order chi connectivity index (χ1) is 15.1. The maximum Gasteiger partial charge on any atom is 0.265 e. The highest BCUT2D eigenvalue weighted by Crippen LogP contribution is 2.64. The second-order valence-corrected chi connectivity index (χ2v) is 13.7. The van der Waals surface area contributed by atoms with Crippen molar-refractivity contribution in [2.75, 3.05) is 31.9 Å². The van der Waals surface area contributed by atoms with Gasteiger partial charge in [0.05, 0.1) is 11.2 Å². The van der Waals surface area contributed by atoms with Gasteiger partial charge in [-0.3, -0.25) is 19.1 Å². The molecule has 4 bridgehead atoms. The minimum Gasteiger partial charge on any atom is -0.300 e. The number of hydrogen-bond donors (Lipinski definition) is 1. The van der Waals surface area contributed by atoms with Crippen LogP contribution in [0.5, 0.6) is 0 Å². The summed E-state index contributed by atoms with van der Waals surface area (Å²) in [5.41, 5.74) is -1.12. The average Bonchev–Trinajstić information content (AvgIpc) is 3.08. The van der Waals surface area contributed by atoms with Crippen LogP contribution < -0.4 is 0 Å². The Balaban J connectivity index is 0.000000136. The summed E-state index contributed by atoms with van der Waals surface area (Å²) in [6.07, 6.45) is 12.4. The fraction of sp³-hybridized carbons (Fsp3) is 0.960. The second-order valence-electron chi connectivity index (χ2n) is 12.3. The molecule has 0 amide bonds. The second kappa shape index (κ2) is 8.31. The zero-order valence-electron chi connectivity index (χ0n) is 20.0. The van der Waals surface area contributed by atoms with Crippen LogP contribution in [0, 0.1) is 28.6 Å². The third kappa shape index (κ3) is 3.89. The van der Waals surface area contributed by atoms with Crippen LogP contribution in [0.25, 0.3) is 0 Å². The number of carbonyl (C=O) groups is 1. The van der Waals surface area contributed by atoms with E-state index in [1.807, 2.05) is 13.8 Å². The van der Waals surface area contributed by atoms with Crippen LogP contribution in [-0.4, -0.2) is 72.6 Å². The SMILES string of the molecule is C1CCN2C[C@@H]3C[C@@H](CN4CCCC[C@@H]34)[C@H]2C1.CC1(C)C2CCC1(CS(=O)(=O)O)C(=O)C2. The van der Waals surface area contributed by atoms with E-state index in [0.717, 1.165) is 30.3 Å². The maximum absolute atomic E-state index is 11.9. The molecule has 6 rings (SSSR count). The van der Waals surface area contributed by atoms with Gasteiger partial charge in [0.1, 0.15) is 5.78 Å². The van der Waals surface area contributed by atoms with Gasteiger partial charge in [0, 0.05) is 31.6 Å². The highest BCUT2D eigenvalue weighted by atomic mass is 32.2. The van der Waals surface area contributed by atoms with Gasteiger partial charge in [-0.05, 0) is 81.2 Å². The molecule has 1 N–H and O–H groups in total.